The van der Waals surface area contributed by atoms with E-state index in [1.165, 1.54) is 6.07 Å². The van der Waals surface area contributed by atoms with Gasteiger partial charge in [0.2, 0.25) is 0 Å². The molecule has 17 heavy (non-hydrogen) atoms. The Kier molecular flexibility index (Phi) is 2.40. The van der Waals surface area contributed by atoms with Crippen molar-refractivity contribution in [3.8, 4) is 0 Å². The van der Waals surface area contributed by atoms with Crippen molar-refractivity contribution in [1.29, 1.82) is 0 Å². The number of benzene rings is 1. The standard InChI is InChI=1S/C12H11F2N3/c13-7-1-2-9(14)8(5-7)11-12-10(3-4-15-11)16-6-17-12/h1-2,5-6,11,15H,3-4H2,(H,16,17). The number of nitrogens with one attached hydrogen (secondary N) is 2. The summed E-state index contributed by atoms with van der Waals surface area (Å²) in [5.41, 5.74) is 2.04. The van der Waals surface area contributed by atoms with Gasteiger partial charge >= 0.3 is 0 Å². The fraction of sp³-hybridized carbons (Fsp3) is 0.250. The molecule has 0 aliphatic carbocycles. The van der Waals surface area contributed by atoms with Crippen LogP contribution in [0, 0.1) is 11.6 Å². The van der Waals surface area contributed by atoms with E-state index in [-0.39, 0.29) is 6.04 Å². The van der Waals surface area contributed by atoms with Crippen LogP contribution in [0.4, 0.5) is 8.78 Å². The summed E-state index contributed by atoms with van der Waals surface area (Å²) < 4.78 is 26.9. The summed E-state index contributed by atoms with van der Waals surface area (Å²) in [6.07, 6.45) is 2.41. The molecule has 3 rings (SSSR count). The number of fused-ring (bicyclic) bond motifs is 1. The van der Waals surface area contributed by atoms with Crippen LogP contribution in [0.2, 0.25) is 0 Å². The smallest absolute Gasteiger partial charge is 0.128 e. The van der Waals surface area contributed by atoms with Crippen LogP contribution in [-0.2, 0) is 6.42 Å². The van der Waals surface area contributed by atoms with E-state index in [9.17, 15) is 8.78 Å². The first kappa shape index (κ1) is 10.4. The van der Waals surface area contributed by atoms with E-state index < -0.39 is 11.6 Å². The number of hydrogen-bond donors (Lipinski definition) is 2. The van der Waals surface area contributed by atoms with Crippen molar-refractivity contribution in [3.05, 3.63) is 53.1 Å². The number of aromatic amines is 1. The highest BCUT2D eigenvalue weighted by molar-refractivity contribution is 5.33. The van der Waals surface area contributed by atoms with Gasteiger partial charge in [-0.15, -0.1) is 0 Å². The van der Waals surface area contributed by atoms with Gasteiger partial charge in [-0.1, -0.05) is 0 Å². The van der Waals surface area contributed by atoms with Crippen LogP contribution < -0.4 is 5.32 Å². The van der Waals surface area contributed by atoms with Gasteiger partial charge in [0, 0.05) is 24.2 Å². The fourth-order valence-electron chi connectivity index (χ4n) is 2.21. The van der Waals surface area contributed by atoms with Gasteiger partial charge in [-0.3, -0.25) is 0 Å². The molecular formula is C12H11F2N3. The van der Waals surface area contributed by atoms with E-state index in [2.05, 4.69) is 15.3 Å². The van der Waals surface area contributed by atoms with E-state index in [1.807, 2.05) is 0 Å². The normalized spacial score (nSPS) is 19.1. The second kappa shape index (κ2) is 3.92. The van der Waals surface area contributed by atoms with Gasteiger partial charge in [0.05, 0.1) is 18.1 Å². The lowest BCUT2D eigenvalue weighted by Crippen LogP contribution is -2.31. The van der Waals surface area contributed by atoms with E-state index in [0.717, 1.165) is 36.5 Å². The van der Waals surface area contributed by atoms with Crippen LogP contribution in [0.15, 0.2) is 24.5 Å². The van der Waals surface area contributed by atoms with Crippen LogP contribution in [0.5, 0.6) is 0 Å². The Morgan fingerprint density at radius 1 is 1.29 bits per heavy atom. The summed E-state index contributed by atoms with van der Waals surface area (Å²) in [5.74, 6) is -0.856. The number of rotatable bonds is 1. The maximum atomic E-state index is 13.7. The highest BCUT2D eigenvalue weighted by atomic mass is 19.1. The number of imidazole rings is 1. The molecule has 0 fully saturated rings. The summed E-state index contributed by atoms with van der Waals surface area (Å²) in [5, 5.41) is 3.16. The second-order valence-electron chi connectivity index (χ2n) is 4.07. The lowest BCUT2D eigenvalue weighted by molar-refractivity contribution is 0.511. The zero-order valence-corrected chi connectivity index (χ0v) is 9.00. The minimum absolute atomic E-state index is 0.304. The number of hydrogen-bond acceptors (Lipinski definition) is 2. The van der Waals surface area contributed by atoms with Crippen molar-refractivity contribution in [2.75, 3.05) is 6.54 Å². The van der Waals surface area contributed by atoms with Gasteiger partial charge in [-0.2, -0.15) is 0 Å². The van der Waals surface area contributed by atoms with Crippen molar-refractivity contribution < 1.29 is 8.78 Å². The van der Waals surface area contributed by atoms with Gasteiger partial charge in [0.15, 0.2) is 0 Å². The Balaban J connectivity index is 2.09. The second-order valence-corrected chi connectivity index (χ2v) is 4.07. The van der Waals surface area contributed by atoms with Gasteiger partial charge < -0.3 is 10.3 Å². The zero-order chi connectivity index (χ0) is 11.8. The molecule has 2 aromatic rings. The van der Waals surface area contributed by atoms with Crippen molar-refractivity contribution >= 4 is 0 Å². The van der Waals surface area contributed by atoms with Crippen LogP contribution in [0.25, 0.3) is 0 Å². The SMILES string of the molecule is Fc1ccc(F)c(C2NCCc3[nH]cnc32)c1. The lowest BCUT2D eigenvalue weighted by atomic mass is 9.97. The molecule has 0 bridgehead atoms. The van der Waals surface area contributed by atoms with E-state index >= 15 is 0 Å². The summed E-state index contributed by atoms with van der Waals surface area (Å²) in [7, 11) is 0. The first-order chi connectivity index (χ1) is 8.25. The highest BCUT2D eigenvalue weighted by Gasteiger charge is 2.26. The summed E-state index contributed by atoms with van der Waals surface area (Å²) >= 11 is 0. The highest BCUT2D eigenvalue weighted by Crippen LogP contribution is 2.28. The summed E-state index contributed by atoms with van der Waals surface area (Å²) in [6, 6.07) is 3.11. The van der Waals surface area contributed by atoms with Crippen LogP contribution in [0.3, 0.4) is 0 Å². The molecule has 0 spiro atoms. The Hall–Kier alpha value is -1.75. The molecule has 1 aliphatic heterocycles. The molecule has 0 saturated carbocycles. The van der Waals surface area contributed by atoms with Crippen LogP contribution in [0.1, 0.15) is 23.0 Å². The van der Waals surface area contributed by atoms with E-state index in [4.69, 9.17) is 0 Å². The first-order valence-corrected chi connectivity index (χ1v) is 5.46. The molecule has 1 aromatic carbocycles. The van der Waals surface area contributed by atoms with Crippen LogP contribution in [-0.4, -0.2) is 16.5 Å². The lowest BCUT2D eigenvalue weighted by Gasteiger charge is -2.23. The van der Waals surface area contributed by atoms with E-state index in [1.54, 1.807) is 6.33 Å². The molecule has 5 heteroatoms. The third kappa shape index (κ3) is 1.72. The average molecular weight is 235 g/mol. The first-order valence-electron chi connectivity index (χ1n) is 5.46. The maximum Gasteiger partial charge on any atom is 0.128 e. The monoisotopic (exact) mass is 235 g/mol. The molecule has 1 unspecified atom stereocenters. The summed E-state index contributed by atoms with van der Waals surface area (Å²) in [6.45, 7) is 0.718. The number of nitrogens with zero attached hydrogens (tertiary/aromatic N) is 1. The zero-order valence-electron chi connectivity index (χ0n) is 9.00. The van der Waals surface area contributed by atoms with Gasteiger partial charge in [-0.25, -0.2) is 13.8 Å². The quantitative estimate of drug-likeness (QED) is 0.792. The van der Waals surface area contributed by atoms with Crippen molar-refractivity contribution in [2.45, 2.75) is 12.5 Å². The Morgan fingerprint density at radius 3 is 3.06 bits per heavy atom. The molecule has 1 aliphatic rings. The molecule has 3 nitrogen and oxygen atoms in total. The minimum Gasteiger partial charge on any atom is -0.348 e. The Morgan fingerprint density at radius 2 is 2.18 bits per heavy atom. The van der Waals surface area contributed by atoms with Crippen LogP contribution >= 0.6 is 0 Å². The predicted octanol–water partition coefficient (Wildman–Crippen LogP) is 1.92. The molecule has 1 atom stereocenters. The van der Waals surface area contributed by atoms with E-state index in [0.29, 0.717) is 5.56 Å². The molecular weight excluding hydrogens is 224 g/mol. The molecule has 0 amide bonds. The average Bonchev–Trinajstić information content (AvgIpc) is 2.80. The summed E-state index contributed by atoms with van der Waals surface area (Å²) in [4.78, 5) is 7.20. The van der Waals surface area contributed by atoms with Crippen molar-refractivity contribution in [3.63, 3.8) is 0 Å². The predicted molar refractivity (Wildman–Crippen MR) is 58.5 cm³/mol. The number of halogens is 2. The van der Waals surface area contributed by atoms with Crippen molar-refractivity contribution in [1.82, 2.24) is 15.3 Å². The fourth-order valence-corrected chi connectivity index (χ4v) is 2.21. The number of aromatic nitrogens is 2. The molecule has 1 aromatic heterocycles. The van der Waals surface area contributed by atoms with Crippen molar-refractivity contribution in [2.24, 2.45) is 0 Å². The molecule has 0 saturated heterocycles. The van der Waals surface area contributed by atoms with Gasteiger partial charge in [0.1, 0.15) is 11.6 Å². The topological polar surface area (TPSA) is 40.7 Å². The largest absolute Gasteiger partial charge is 0.348 e. The molecule has 2 heterocycles. The Labute approximate surface area is 96.9 Å². The van der Waals surface area contributed by atoms with Gasteiger partial charge in [0.25, 0.3) is 0 Å². The molecule has 0 radical (unpaired) electrons. The third-order valence-corrected chi connectivity index (χ3v) is 3.02. The number of H-pyrrole nitrogens is 1. The third-order valence-electron chi connectivity index (χ3n) is 3.02. The molecule has 2 N–H and O–H groups in total. The maximum absolute atomic E-state index is 13.7. The van der Waals surface area contributed by atoms with Gasteiger partial charge in [-0.05, 0) is 18.2 Å². The Bertz CT molecular complexity index is 550. The minimum atomic E-state index is -0.439. The molecule has 88 valence electrons.